The summed E-state index contributed by atoms with van der Waals surface area (Å²) in [6, 6.07) is 6.51. The highest BCUT2D eigenvalue weighted by molar-refractivity contribution is 6.02. The van der Waals surface area contributed by atoms with Crippen LogP contribution in [0.5, 0.6) is 0 Å². The topological polar surface area (TPSA) is 170 Å². The fraction of sp³-hybridized carbons (Fsp3) is 0.719. The smallest absolute Gasteiger partial charge is 0.160 e. The molecule has 1 aromatic carbocycles. The van der Waals surface area contributed by atoms with Crippen LogP contribution in [0.4, 0.5) is 0 Å². The van der Waals surface area contributed by atoms with Crippen LogP contribution in [-0.4, -0.2) is 98.9 Å². The van der Waals surface area contributed by atoms with Gasteiger partial charge in [0.25, 0.3) is 0 Å². The average molecular weight is 936 g/mol. The molecule has 7 aliphatic rings. The second-order valence-electron chi connectivity index (χ2n) is 25.1. The van der Waals surface area contributed by atoms with Crippen molar-refractivity contribution in [2.24, 2.45) is 50.7 Å². The van der Waals surface area contributed by atoms with Crippen LogP contribution < -0.4 is 5.32 Å². The van der Waals surface area contributed by atoms with E-state index in [1.165, 1.54) is 0 Å². The first-order valence-corrected chi connectivity index (χ1v) is 26.3. The molecule has 12 atom stereocenters. The maximum absolute atomic E-state index is 15.5. The van der Waals surface area contributed by atoms with Gasteiger partial charge in [-0.15, -0.1) is 0 Å². The van der Waals surface area contributed by atoms with Gasteiger partial charge in [-0.3, -0.25) is 9.59 Å². The zero-order chi connectivity index (χ0) is 48.6. The Morgan fingerprint density at radius 1 is 1.01 bits per heavy atom. The number of aromatic amines is 1. The van der Waals surface area contributed by atoms with Crippen molar-refractivity contribution in [1.82, 2.24) is 14.9 Å². The summed E-state index contributed by atoms with van der Waals surface area (Å²) < 4.78 is 14.1. The largest absolute Gasteiger partial charge is 0.396 e. The van der Waals surface area contributed by atoms with Gasteiger partial charge in [-0.1, -0.05) is 58.4 Å². The number of aliphatic hydroxyl groups excluding tert-OH is 3. The highest BCUT2D eigenvalue weighted by Crippen LogP contribution is 2.76. The molecule has 0 spiro atoms. The van der Waals surface area contributed by atoms with Crippen molar-refractivity contribution in [3.63, 3.8) is 0 Å². The van der Waals surface area contributed by atoms with Crippen LogP contribution in [0.25, 0.3) is 11.0 Å². The molecule has 12 unspecified atom stereocenters. The van der Waals surface area contributed by atoms with Crippen LogP contribution >= 0.6 is 0 Å². The molecule has 2 saturated heterocycles. The quantitative estimate of drug-likeness (QED) is 0.0986. The first-order chi connectivity index (χ1) is 32.1. The van der Waals surface area contributed by atoms with Crippen molar-refractivity contribution in [2.75, 3.05) is 33.4 Å². The van der Waals surface area contributed by atoms with E-state index < -0.39 is 56.4 Å². The van der Waals surface area contributed by atoms with Crippen LogP contribution in [0.3, 0.4) is 0 Å². The first-order valence-electron chi connectivity index (χ1n) is 26.3. The lowest BCUT2D eigenvalue weighted by molar-refractivity contribution is -0.228. The third-order valence-corrected chi connectivity index (χ3v) is 20.4. The number of epoxide rings is 1. The number of aromatic nitrogens is 2. The number of H-pyrrole nitrogens is 1. The van der Waals surface area contributed by atoms with Gasteiger partial charge >= 0.3 is 0 Å². The third kappa shape index (κ3) is 7.27. The highest BCUT2D eigenvalue weighted by Gasteiger charge is 2.73. The minimum Gasteiger partial charge on any atom is -0.396 e. The van der Waals surface area contributed by atoms with Crippen molar-refractivity contribution in [3.05, 3.63) is 69.6 Å². The molecule has 4 aliphatic carbocycles. The number of aryl methyl sites for hydroxylation is 2. The number of aliphatic hydroxyl groups is 4. The number of allylic oxidation sites excluding steroid dienone is 1. The molecule has 372 valence electrons. The Bertz CT molecular complexity index is 2510. The number of nitrogens with zero attached hydrogens (tertiary/aromatic N) is 1. The van der Waals surface area contributed by atoms with E-state index in [4.69, 9.17) is 9.47 Å². The van der Waals surface area contributed by atoms with Gasteiger partial charge in [0.1, 0.15) is 11.9 Å². The highest BCUT2D eigenvalue weighted by atomic mass is 16.6. The molecule has 5 fully saturated rings. The molecule has 3 aromatic rings. The Kier molecular flexibility index (Phi) is 11.9. The molecule has 3 aliphatic heterocycles. The average Bonchev–Trinajstić information content (AvgIpc) is 3.51. The van der Waals surface area contributed by atoms with Crippen LogP contribution in [0, 0.1) is 57.7 Å². The number of rotatable bonds is 12. The first kappa shape index (κ1) is 48.5. The number of carbonyl (C=O) groups excluding carboxylic acids is 2. The summed E-state index contributed by atoms with van der Waals surface area (Å²) >= 11 is 0. The summed E-state index contributed by atoms with van der Waals surface area (Å²) in [5.41, 5.74) is 5.46. The van der Waals surface area contributed by atoms with Gasteiger partial charge in [-0.25, -0.2) is 0 Å². The second kappa shape index (κ2) is 16.7. The normalized spacial score (nSPS) is 38.8. The molecule has 2 aromatic heterocycles. The molecule has 6 N–H and O–H groups in total. The molecule has 10 rings (SSSR count). The second-order valence-corrected chi connectivity index (χ2v) is 25.1. The number of hydrogen-bond donors (Lipinski definition) is 6. The van der Waals surface area contributed by atoms with E-state index in [9.17, 15) is 25.2 Å². The number of fused-ring (bicyclic) bond motifs is 4. The number of nitrogens with one attached hydrogen (secondary N) is 2. The van der Waals surface area contributed by atoms with Crippen molar-refractivity contribution >= 4 is 22.6 Å². The Morgan fingerprint density at radius 2 is 1.75 bits per heavy atom. The molecule has 3 saturated carbocycles. The summed E-state index contributed by atoms with van der Waals surface area (Å²) in [4.78, 5) is 34.0. The minimum atomic E-state index is -0.928. The lowest BCUT2D eigenvalue weighted by Crippen LogP contribution is -2.69. The number of benzene rings is 1. The molecule has 0 amide bonds. The van der Waals surface area contributed by atoms with E-state index in [1.807, 2.05) is 20.9 Å². The van der Waals surface area contributed by atoms with E-state index in [0.717, 1.165) is 69.4 Å². The summed E-state index contributed by atoms with van der Waals surface area (Å²) in [5, 5.41) is 51.2. The van der Waals surface area contributed by atoms with Gasteiger partial charge in [0.05, 0.1) is 34.4 Å². The predicted octanol–water partition coefficient (Wildman–Crippen LogP) is 8.03. The van der Waals surface area contributed by atoms with Crippen molar-refractivity contribution in [1.29, 1.82) is 0 Å². The van der Waals surface area contributed by atoms with Crippen molar-refractivity contribution in [3.8, 4) is 0 Å². The maximum Gasteiger partial charge on any atom is 0.160 e. The Labute approximate surface area is 404 Å². The Morgan fingerprint density at radius 3 is 2.44 bits per heavy atom. The van der Waals surface area contributed by atoms with Crippen LogP contribution in [0.15, 0.2) is 41.7 Å². The molecule has 68 heavy (non-hydrogen) atoms. The lowest BCUT2D eigenvalue weighted by atomic mass is 9.33. The SMILES string of the molecule is CNCCC1(C)C(=O)C(CCCO)CC2(C)C1CCC1(C)C2C(O)C2Cn3cc(Cc4cc(C)cc(C5(O)CCOCC5)c4)c4[nH]cc(c43)CCC(C)(CC(O)C3OC3(C)C)C3=C2C1(C)CC3=O. The Hall–Kier alpha value is -3.16. The zero-order valence-electron chi connectivity index (χ0n) is 42.5. The minimum absolute atomic E-state index is 0.0368. The van der Waals surface area contributed by atoms with E-state index >= 15 is 4.79 Å². The van der Waals surface area contributed by atoms with Crippen LogP contribution in [-0.2, 0) is 44.1 Å². The summed E-state index contributed by atoms with van der Waals surface area (Å²) in [7, 11) is 1.95. The molecular formula is C57H81N3O8. The monoisotopic (exact) mass is 936 g/mol. The molecule has 0 radical (unpaired) electrons. The van der Waals surface area contributed by atoms with Gasteiger partial charge in [0.15, 0.2) is 5.78 Å². The van der Waals surface area contributed by atoms with E-state index in [2.05, 4.69) is 87.0 Å². The standard InChI is InChI=1S/C57H81N3O8/c1-33-23-34(26-38(24-33)57(66)17-21-67-22-18-57)25-37-31-60-32-39-43-44(52(4,28-41(63)50-51(2,3)68-50)14-12-36-30-59-45(37)46(36)60)40(62)29-56(43,8)55(7)15-13-42-53(5,16-19-58-9)49(65)35(11-10-20-61)27-54(42,6)48(55)47(39)64/h23-24,26,30-31,35,39,41-42,47-48,50,58-59,61,63-64,66H,10-22,25,27-29,32H2,1-9H3. The van der Waals surface area contributed by atoms with Gasteiger partial charge < -0.3 is 44.8 Å². The predicted molar refractivity (Wildman–Crippen MR) is 263 cm³/mol. The number of Topliss-reactive ketones (excluding diaryl/α,β-unsaturated/α-hetero) is 2. The zero-order valence-corrected chi connectivity index (χ0v) is 42.5. The molecule has 11 nitrogen and oxygen atoms in total. The van der Waals surface area contributed by atoms with E-state index in [1.54, 1.807) is 0 Å². The maximum atomic E-state index is 15.5. The van der Waals surface area contributed by atoms with Gasteiger partial charge in [-0.2, -0.15) is 0 Å². The third-order valence-electron chi connectivity index (χ3n) is 20.4. The number of ketones is 2. The number of ether oxygens (including phenoxy) is 2. The fourth-order valence-corrected chi connectivity index (χ4v) is 17.0. The Balaban J connectivity index is 1.13. The van der Waals surface area contributed by atoms with Crippen molar-refractivity contribution < 1.29 is 39.5 Å². The van der Waals surface area contributed by atoms with E-state index in [0.29, 0.717) is 96.2 Å². The summed E-state index contributed by atoms with van der Waals surface area (Å²) in [6.07, 6.45) is 10.6. The van der Waals surface area contributed by atoms with Crippen molar-refractivity contribution in [2.45, 2.75) is 175 Å². The molecular weight excluding hydrogens is 855 g/mol. The summed E-state index contributed by atoms with van der Waals surface area (Å²) in [6.45, 7) is 19.9. The fourth-order valence-electron chi connectivity index (χ4n) is 17.0. The number of carbonyl (C=O) groups is 2. The van der Waals surface area contributed by atoms with Gasteiger partial charge in [0, 0.05) is 92.7 Å². The molecule has 11 heteroatoms. The van der Waals surface area contributed by atoms with E-state index in [-0.39, 0.29) is 36.2 Å². The van der Waals surface area contributed by atoms with Gasteiger partial charge in [-0.05, 0) is 148 Å². The van der Waals surface area contributed by atoms with Crippen LogP contribution in [0.2, 0.25) is 0 Å². The summed E-state index contributed by atoms with van der Waals surface area (Å²) in [5.74, 6) is -0.347. The number of hydrogen-bond acceptors (Lipinski definition) is 9. The van der Waals surface area contributed by atoms with Crippen LogP contribution in [0.1, 0.15) is 147 Å². The lowest BCUT2D eigenvalue weighted by Gasteiger charge is -2.71. The molecule has 0 bridgehead atoms. The van der Waals surface area contributed by atoms with Gasteiger partial charge in [0.2, 0.25) is 0 Å². The molecule has 5 heterocycles.